The molecular weight excluding hydrogens is 240 g/mol. The van der Waals surface area contributed by atoms with E-state index in [1.54, 1.807) is 0 Å². The molecule has 0 bridgehead atoms. The van der Waals surface area contributed by atoms with Gasteiger partial charge in [0, 0.05) is 18.7 Å². The minimum atomic E-state index is -0.275. The second-order valence-electron chi connectivity index (χ2n) is 4.84. The molecule has 0 aromatic heterocycles. The minimum absolute atomic E-state index is 0.0376. The van der Waals surface area contributed by atoms with Gasteiger partial charge in [-0.3, -0.25) is 4.79 Å². The summed E-state index contributed by atoms with van der Waals surface area (Å²) < 4.78 is 0. The van der Waals surface area contributed by atoms with Gasteiger partial charge >= 0.3 is 0 Å². The largest absolute Gasteiger partial charge is 0.392 e. The number of para-hydroxylation sites is 1. The fraction of sp³-hybridized carbons (Fsp3) is 0.533. The Bertz CT molecular complexity index is 368. The molecule has 106 valence electrons. The zero-order chi connectivity index (χ0) is 14.1. The summed E-state index contributed by atoms with van der Waals surface area (Å²) in [5, 5.41) is 12.4. The molecule has 4 nitrogen and oxygen atoms in total. The number of hydrogen-bond acceptors (Lipinski definition) is 3. The number of aliphatic hydroxyl groups excluding tert-OH is 1. The van der Waals surface area contributed by atoms with Crippen LogP contribution in [0.5, 0.6) is 0 Å². The fourth-order valence-electron chi connectivity index (χ4n) is 1.83. The molecular formula is C15H24N2O2. The molecule has 0 saturated heterocycles. The van der Waals surface area contributed by atoms with E-state index in [1.165, 1.54) is 0 Å². The Kier molecular flexibility index (Phi) is 7.15. The first-order valence-electron chi connectivity index (χ1n) is 6.83. The molecule has 1 atom stereocenters. The lowest BCUT2D eigenvalue weighted by Crippen LogP contribution is -2.30. The summed E-state index contributed by atoms with van der Waals surface area (Å²) in [5.74, 6) is 0.0376. The molecule has 0 radical (unpaired) electrons. The first-order chi connectivity index (χ1) is 9.11. The summed E-state index contributed by atoms with van der Waals surface area (Å²) in [6.07, 6.45) is 1.79. The zero-order valence-corrected chi connectivity index (χ0v) is 11.8. The molecule has 0 heterocycles. The van der Waals surface area contributed by atoms with Crippen LogP contribution in [0.1, 0.15) is 26.2 Å². The Labute approximate surface area is 115 Å². The van der Waals surface area contributed by atoms with E-state index in [4.69, 9.17) is 0 Å². The predicted octanol–water partition coefficient (Wildman–Crippen LogP) is 2.11. The normalized spacial score (nSPS) is 12.4. The molecule has 19 heavy (non-hydrogen) atoms. The van der Waals surface area contributed by atoms with Gasteiger partial charge in [0.1, 0.15) is 0 Å². The molecule has 2 N–H and O–H groups in total. The lowest BCUT2D eigenvalue weighted by atomic mass is 10.2. The summed E-state index contributed by atoms with van der Waals surface area (Å²) in [7, 11) is 1.97. The molecule has 1 aromatic carbocycles. The van der Waals surface area contributed by atoms with Crippen LogP contribution in [0.2, 0.25) is 0 Å². The summed E-state index contributed by atoms with van der Waals surface area (Å²) >= 11 is 0. The maximum absolute atomic E-state index is 11.7. The highest BCUT2D eigenvalue weighted by Crippen LogP contribution is 2.06. The number of amides is 1. The lowest BCUT2D eigenvalue weighted by Gasteiger charge is -2.19. The lowest BCUT2D eigenvalue weighted by molar-refractivity contribution is -0.116. The fourth-order valence-corrected chi connectivity index (χ4v) is 1.83. The summed E-state index contributed by atoms with van der Waals surface area (Å²) in [5.41, 5.74) is 0.835. The third-order valence-corrected chi connectivity index (χ3v) is 2.99. The van der Waals surface area contributed by atoms with Crippen molar-refractivity contribution in [2.24, 2.45) is 0 Å². The van der Waals surface area contributed by atoms with E-state index in [0.29, 0.717) is 13.0 Å². The van der Waals surface area contributed by atoms with Crippen molar-refractivity contribution in [1.82, 2.24) is 4.90 Å². The van der Waals surface area contributed by atoms with E-state index < -0.39 is 0 Å². The standard InChI is InChI=1S/C15H24N2O2/c1-3-14(18)12-17(2)11-7-10-15(19)16-13-8-5-4-6-9-13/h4-6,8-9,14,18H,3,7,10-12H2,1-2H3,(H,16,19)/t14-/m0/s1. The van der Waals surface area contributed by atoms with Gasteiger partial charge in [-0.25, -0.2) is 0 Å². The van der Waals surface area contributed by atoms with Crippen LogP contribution in [0.25, 0.3) is 0 Å². The molecule has 0 unspecified atom stereocenters. The number of carbonyl (C=O) groups excluding carboxylic acids is 1. The Morgan fingerprint density at radius 1 is 1.37 bits per heavy atom. The van der Waals surface area contributed by atoms with Crippen LogP contribution in [0.4, 0.5) is 5.69 Å². The van der Waals surface area contributed by atoms with Crippen molar-refractivity contribution in [3.05, 3.63) is 30.3 Å². The van der Waals surface area contributed by atoms with E-state index in [1.807, 2.05) is 44.3 Å². The monoisotopic (exact) mass is 264 g/mol. The van der Waals surface area contributed by atoms with Crippen LogP contribution in [-0.4, -0.2) is 42.2 Å². The number of rotatable bonds is 8. The Balaban J connectivity index is 2.17. The van der Waals surface area contributed by atoms with Crippen LogP contribution >= 0.6 is 0 Å². The maximum atomic E-state index is 11.7. The van der Waals surface area contributed by atoms with Crippen molar-refractivity contribution in [3.63, 3.8) is 0 Å². The smallest absolute Gasteiger partial charge is 0.224 e. The Morgan fingerprint density at radius 3 is 2.68 bits per heavy atom. The predicted molar refractivity (Wildman–Crippen MR) is 78.1 cm³/mol. The third kappa shape index (κ3) is 6.94. The Morgan fingerprint density at radius 2 is 2.05 bits per heavy atom. The molecule has 0 spiro atoms. The topological polar surface area (TPSA) is 52.6 Å². The number of nitrogens with one attached hydrogen (secondary N) is 1. The molecule has 0 fully saturated rings. The number of nitrogens with zero attached hydrogens (tertiary/aromatic N) is 1. The first kappa shape index (κ1) is 15.7. The summed E-state index contributed by atoms with van der Waals surface area (Å²) in [6, 6.07) is 9.47. The van der Waals surface area contributed by atoms with Gasteiger partial charge in [-0.15, -0.1) is 0 Å². The second kappa shape index (κ2) is 8.67. The molecule has 0 aliphatic heterocycles. The highest BCUT2D eigenvalue weighted by Gasteiger charge is 2.07. The minimum Gasteiger partial charge on any atom is -0.392 e. The van der Waals surface area contributed by atoms with Crippen LogP contribution in [-0.2, 0) is 4.79 Å². The number of likely N-dealkylation sites (N-methyl/N-ethyl adjacent to an activating group) is 1. The van der Waals surface area contributed by atoms with E-state index in [9.17, 15) is 9.90 Å². The molecule has 0 aliphatic rings. The van der Waals surface area contributed by atoms with Crippen LogP contribution in [0, 0.1) is 0 Å². The Hall–Kier alpha value is -1.39. The SMILES string of the molecule is CC[C@H](O)CN(C)CCCC(=O)Nc1ccccc1. The average Bonchev–Trinajstić information content (AvgIpc) is 2.39. The van der Waals surface area contributed by atoms with Crippen LogP contribution < -0.4 is 5.32 Å². The number of carbonyl (C=O) groups is 1. The van der Waals surface area contributed by atoms with Gasteiger partial charge in [-0.2, -0.15) is 0 Å². The number of benzene rings is 1. The van der Waals surface area contributed by atoms with Gasteiger partial charge in [-0.05, 0) is 38.6 Å². The molecule has 4 heteroatoms. The van der Waals surface area contributed by atoms with Crippen molar-refractivity contribution in [1.29, 1.82) is 0 Å². The van der Waals surface area contributed by atoms with Gasteiger partial charge in [0.2, 0.25) is 5.91 Å². The number of hydrogen-bond donors (Lipinski definition) is 2. The third-order valence-electron chi connectivity index (χ3n) is 2.99. The molecule has 0 aliphatic carbocycles. The highest BCUT2D eigenvalue weighted by molar-refractivity contribution is 5.90. The van der Waals surface area contributed by atoms with Crippen LogP contribution in [0.15, 0.2) is 30.3 Å². The summed E-state index contributed by atoms with van der Waals surface area (Å²) in [6.45, 7) is 3.45. The van der Waals surface area contributed by atoms with Gasteiger partial charge in [0.05, 0.1) is 6.10 Å². The molecule has 0 saturated carbocycles. The summed E-state index contributed by atoms with van der Waals surface area (Å²) in [4.78, 5) is 13.8. The van der Waals surface area contributed by atoms with Crippen LogP contribution in [0.3, 0.4) is 0 Å². The molecule has 1 amide bonds. The van der Waals surface area contributed by atoms with E-state index in [2.05, 4.69) is 10.2 Å². The maximum Gasteiger partial charge on any atom is 0.224 e. The average molecular weight is 264 g/mol. The van der Waals surface area contributed by atoms with Gasteiger partial charge in [-0.1, -0.05) is 25.1 Å². The quantitative estimate of drug-likeness (QED) is 0.756. The van der Waals surface area contributed by atoms with Gasteiger partial charge in [0.25, 0.3) is 0 Å². The highest BCUT2D eigenvalue weighted by atomic mass is 16.3. The van der Waals surface area contributed by atoms with E-state index >= 15 is 0 Å². The van der Waals surface area contributed by atoms with E-state index in [0.717, 1.165) is 25.1 Å². The molecule has 1 rings (SSSR count). The first-order valence-corrected chi connectivity index (χ1v) is 6.83. The van der Waals surface area contributed by atoms with Crippen molar-refractivity contribution >= 4 is 11.6 Å². The van der Waals surface area contributed by atoms with Crippen molar-refractivity contribution in [2.45, 2.75) is 32.3 Å². The van der Waals surface area contributed by atoms with Gasteiger partial charge < -0.3 is 15.3 Å². The van der Waals surface area contributed by atoms with Crippen molar-refractivity contribution in [2.75, 3.05) is 25.5 Å². The number of anilines is 1. The second-order valence-corrected chi connectivity index (χ2v) is 4.84. The molecule has 1 aromatic rings. The van der Waals surface area contributed by atoms with Crippen molar-refractivity contribution in [3.8, 4) is 0 Å². The number of aliphatic hydroxyl groups is 1. The van der Waals surface area contributed by atoms with Crippen molar-refractivity contribution < 1.29 is 9.90 Å². The van der Waals surface area contributed by atoms with Gasteiger partial charge in [0.15, 0.2) is 0 Å². The zero-order valence-electron chi connectivity index (χ0n) is 11.8. The van der Waals surface area contributed by atoms with E-state index in [-0.39, 0.29) is 12.0 Å².